The first-order valence-electron chi connectivity index (χ1n) is 5.56. The van der Waals surface area contributed by atoms with Crippen LogP contribution < -0.4 is 0 Å². The van der Waals surface area contributed by atoms with Crippen LogP contribution in [0.2, 0.25) is 0 Å². The Bertz CT molecular complexity index is 694. The molecule has 0 aliphatic rings. The molecule has 0 saturated heterocycles. The monoisotopic (exact) mass is 278 g/mol. The summed E-state index contributed by atoms with van der Waals surface area (Å²) in [6, 6.07) is 13.0. The zero-order valence-corrected chi connectivity index (χ0v) is 10.7. The van der Waals surface area contributed by atoms with E-state index in [1.807, 2.05) is 0 Å². The zero-order chi connectivity index (χ0) is 13.9. The standard InChI is InChI=1S/C14H11FO3S/c15-13-9-5-4-8-12(13)14(16)10-19(17,18)11-6-2-1-3-7-11/h1-9H,10H2. The van der Waals surface area contributed by atoms with E-state index in [0.29, 0.717) is 0 Å². The van der Waals surface area contributed by atoms with Crippen molar-refractivity contribution in [1.82, 2.24) is 0 Å². The van der Waals surface area contributed by atoms with Gasteiger partial charge in [0.2, 0.25) is 0 Å². The second-order valence-corrected chi connectivity index (χ2v) is 5.96. The molecule has 0 aliphatic heterocycles. The minimum atomic E-state index is -3.74. The molecule has 0 radical (unpaired) electrons. The Kier molecular flexibility index (Phi) is 3.76. The first kappa shape index (κ1) is 13.4. The maximum absolute atomic E-state index is 13.4. The van der Waals surface area contributed by atoms with Crippen molar-refractivity contribution in [1.29, 1.82) is 0 Å². The van der Waals surface area contributed by atoms with E-state index in [9.17, 15) is 17.6 Å². The Morgan fingerprint density at radius 3 is 2.16 bits per heavy atom. The number of carbonyl (C=O) groups is 1. The number of benzene rings is 2. The molecule has 0 aliphatic carbocycles. The number of hydrogen-bond donors (Lipinski definition) is 0. The van der Waals surface area contributed by atoms with Gasteiger partial charge in [0.15, 0.2) is 15.6 Å². The minimum Gasteiger partial charge on any atom is -0.293 e. The zero-order valence-electron chi connectivity index (χ0n) is 9.91. The van der Waals surface area contributed by atoms with Gasteiger partial charge in [0, 0.05) is 0 Å². The fraction of sp³-hybridized carbons (Fsp3) is 0.0714. The largest absolute Gasteiger partial charge is 0.293 e. The molecule has 0 bridgehead atoms. The van der Waals surface area contributed by atoms with Gasteiger partial charge in [0.1, 0.15) is 11.6 Å². The van der Waals surface area contributed by atoms with Crippen molar-refractivity contribution in [3.8, 4) is 0 Å². The minimum absolute atomic E-state index is 0.0553. The fourth-order valence-electron chi connectivity index (χ4n) is 1.65. The van der Waals surface area contributed by atoms with Crippen LogP contribution in [0.25, 0.3) is 0 Å². The molecule has 0 fully saturated rings. The van der Waals surface area contributed by atoms with E-state index in [0.717, 1.165) is 6.07 Å². The molecule has 0 heterocycles. The summed E-state index contributed by atoms with van der Waals surface area (Å²) in [6.45, 7) is 0. The Morgan fingerprint density at radius 1 is 0.947 bits per heavy atom. The van der Waals surface area contributed by atoms with E-state index in [1.54, 1.807) is 18.2 Å². The third-order valence-electron chi connectivity index (χ3n) is 2.60. The van der Waals surface area contributed by atoms with Crippen molar-refractivity contribution in [3.63, 3.8) is 0 Å². The highest BCUT2D eigenvalue weighted by atomic mass is 32.2. The van der Waals surface area contributed by atoms with Gasteiger partial charge in [-0.15, -0.1) is 0 Å². The van der Waals surface area contributed by atoms with Crippen molar-refractivity contribution >= 4 is 15.6 Å². The molecule has 0 N–H and O–H groups in total. The van der Waals surface area contributed by atoms with E-state index in [1.165, 1.54) is 30.3 Å². The summed E-state index contributed by atoms with van der Waals surface area (Å²) in [5.74, 6) is -2.20. The lowest BCUT2D eigenvalue weighted by Gasteiger charge is -2.04. The van der Waals surface area contributed by atoms with Gasteiger partial charge in [0.05, 0.1) is 10.5 Å². The lowest BCUT2D eigenvalue weighted by atomic mass is 10.1. The average Bonchev–Trinajstić information content (AvgIpc) is 2.39. The molecule has 5 heteroatoms. The number of carbonyl (C=O) groups excluding carboxylic acids is 1. The maximum atomic E-state index is 13.4. The average molecular weight is 278 g/mol. The Labute approximate surface area is 110 Å². The summed E-state index contributed by atoms with van der Waals surface area (Å²) in [5.41, 5.74) is -0.206. The molecule has 2 rings (SSSR count). The van der Waals surface area contributed by atoms with Crippen LogP contribution in [0.3, 0.4) is 0 Å². The molecule has 0 unspecified atom stereocenters. The van der Waals surface area contributed by atoms with Gasteiger partial charge in [0.25, 0.3) is 0 Å². The fourth-order valence-corrected chi connectivity index (χ4v) is 2.89. The predicted molar refractivity (Wildman–Crippen MR) is 69.2 cm³/mol. The van der Waals surface area contributed by atoms with Gasteiger partial charge in [-0.05, 0) is 24.3 Å². The topological polar surface area (TPSA) is 51.2 Å². The van der Waals surface area contributed by atoms with E-state index in [4.69, 9.17) is 0 Å². The number of Topliss-reactive ketones (excluding diaryl/α,β-unsaturated/α-hetero) is 1. The Balaban J connectivity index is 2.27. The highest BCUT2D eigenvalue weighted by Gasteiger charge is 2.21. The number of sulfone groups is 1. The Hall–Kier alpha value is -2.01. The van der Waals surface area contributed by atoms with Gasteiger partial charge in [-0.1, -0.05) is 30.3 Å². The van der Waals surface area contributed by atoms with Crippen molar-refractivity contribution in [2.45, 2.75) is 4.90 Å². The van der Waals surface area contributed by atoms with Crippen LogP contribution >= 0.6 is 0 Å². The van der Waals surface area contributed by atoms with Crippen LogP contribution in [-0.4, -0.2) is 20.0 Å². The first-order valence-corrected chi connectivity index (χ1v) is 7.21. The smallest absolute Gasteiger partial charge is 0.185 e. The van der Waals surface area contributed by atoms with Crippen LogP contribution in [0.15, 0.2) is 59.5 Å². The molecule has 98 valence electrons. The molecule has 0 amide bonds. The van der Waals surface area contributed by atoms with Crippen molar-refractivity contribution in [2.24, 2.45) is 0 Å². The van der Waals surface area contributed by atoms with Gasteiger partial charge >= 0.3 is 0 Å². The maximum Gasteiger partial charge on any atom is 0.185 e. The first-order chi connectivity index (χ1) is 9.00. The molecular weight excluding hydrogens is 267 g/mol. The van der Waals surface area contributed by atoms with Crippen LogP contribution in [0.5, 0.6) is 0 Å². The predicted octanol–water partition coefficient (Wildman–Crippen LogP) is 2.48. The normalized spacial score (nSPS) is 11.2. The quantitative estimate of drug-likeness (QED) is 0.807. The van der Waals surface area contributed by atoms with Crippen LogP contribution in [0.4, 0.5) is 4.39 Å². The molecule has 0 atom stereocenters. The number of halogens is 1. The molecule has 2 aromatic rings. The second-order valence-electron chi connectivity index (χ2n) is 3.98. The highest BCUT2D eigenvalue weighted by molar-refractivity contribution is 7.92. The SMILES string of the molecule is O=C(CS(=O)(=O)c1ccccc1)c1ccccc1F. The van der Waals surface area contributed by atoms with E-state index < -0.39 is 27.2 Å². The van der Waals surface area contributed by atoms with Crippen molar-refractivity contribution in [3.05, 3.63) is 66.0 Å². The van der Waals surface area contributed by atoms with Gasteiger partial charge in [-0.25, -0.2) is 12.8 Å². The summed E-state index contributed by atoms with van der Waals surface area (Å²) >= 11 is 0. The van der Waals surface area contributed by atoms with Crippen LogP contribution in [0, 0.1) is 5.82 Å². The number of hydrogen-bond acceptors (Lipinski definition) is 3. The second kappa shape index (κ2) is 5.32. The van der Waals surface area contributed by atoms with E-state index in [-0.39, 0.29) is 10.5 Å². The molecule has 3 nitrogen and oxygen atoms in total. The molecule has 0 spiro atoms. The van der Waals surface area contributed by atoms with Crippen LogP contribution in [0.1, 0.15) is 10.4 Å². The Morgan fingerprint density at radius 2 is 1.53 bits per heavy atom. The van der Waals surface area contributed by atoms with Crippen molar-refractivity contribution in [2.75, 3.05) is 5.75 Å². The lowest BCUT2D eigenvalue weighted by molar-refractivity contribution is 0.101. The summed E-state index contributed by atoms with van der Waals surface area (Å²) in [7, 11) is -3.74. The van der Waals surface area contributed by atoms with E-state index >= 15 is 0 Å². The third kappa shape index (κ3) is 3.06. The van der Waals surface area contributed by atoms with E-state index in [2.05, 4.69) is 0 Å². The van der Waals surface area contributed by atoms with Crippen LogP contribution in [-0.2, 0) is 9.84 Å². The third-order valence-corrected chi connectivity index (χ3v) is 4.23. The van der Waals surface area contributed by atoms with Gasteiger partial charge in [-0.2, -0.15) is 0 Å². The summed E-state index contributed by atoms with van der Waals surface area (Å²) in [6.07, 6.45) is 0. The summed E-state index contributed by atoms with van der Waals surface area (Å²) in [5, 5.41) is 0. The molecule has 0 aromatic heterocycles. The van der Waals surface area contributed by atoms with Crippen molar-refractivity contribution < 1.29 is 17.6 Å². The molecular formula is C14H11FO3S. The molecule has 2 aromatic carbocycles. The summed E-state index contributed by atoms with van der Waals surface area (Å²) < 4.78 is 37.4. The van der Waals surface area contributed by atoms with Gasteiger partial charge < -0.3 is 0 Å². The molecule has 0 saturated carbocycles. The van der Waals surface area contributed by atoms with Gasteiger partial charge in [-0.3, -0.25) is 4.79 Å². The lowest BCUT2D eigenvalue weighted by Crippen LogP contribution is -2.17. The highest BCUT2D eigenvalue weighted by Crippen LogP contribution is 2.14. The number of ketones is 1. The molecule has 19 heavy (non-hydrogen) atoms. The number of rotatable bonds is 4. The summed E-state index contributed by atoms with van der Waals surface area (Å²) in [4.78, 5) is 11.9.